The SMILES string of the molecule is COC1CCN(C)CC1C. The van der Waals surface area contributed by atoms with Gasteiger partial charge in [-0.3, -0.25) is 0 Å². The molecule has 2 unspecified atom stereocenters. The van der Waals surface area contributed by atoms with Crippen LogP contribution in [0.5, 0.6) is 0 Å². The summed E-state index contributed by atoms with van der Waals surface area (Å²) in [5.74, 6) is 0.698. The quantitative estimate of drug-likeness (QED) is 0.542. The van der Waals surface area contributed by atoms with E-state index in [1.165, 1.54) is 19.5 Å². The summed E-state index contributed by atoms with van der Waals surface area (Å²) in [5.41, 5.74) is 0. The molecule has 1 aliphatic heterocycles. The van der Waals surface area contributed by atoms with Gasteiger partial charge in [0.1, 0.15) is 0 Å². The monoisotopic (exact) mass is 143 g/mol. The average molecular weight is 143 g/mol. The van der Waals surface area contributed by atoms with Crippen LogP contribution in [-0.2, 0) is 4.74 Å². The average Bonchev–Trinajstić information content (AvgIpc) is 1.88. The van der Waals surface area contributed by atoms with Crippen LogP contribution in [0.1, 0.15) is 13.3 Å². The molecule has 1 rings (SSSR count). The van der Waals surface area contributed by atoms with E-state index in [0.717, 1.165) is 0 Å². The van der Waals surface area contributed by atoms with E-state index in [-0.39, 0.29) is 0 Å². The second-order valence-electron chi connectivity index (χ2n) is 3.30. The number of hydrogen-bond donors (Lipinski definition) is 0. The highest BCUT2D eigenvalue weighted by Gasteiger charge is 2.23. The number of nitrogens with zero attached hydrogens (tertiary/aromatic N) is 1. The molecule has 0 saturated carbocycles. The second-order valence-corrected chi connectivity index (χ2v) is 3.30. The van der Waals surface area contributed by atoms with Crippen molar-refractivity contribution in [2.45, 2.75) is 19.4 Å². The fourth-order valence-electron chi connectivity index (χ4n) is 1.68. The largest absolute Gasteiger partial charge is 0.381 e. The van der Waals surface area contributed by atoms with E-state index >= 15 is 0 Å². The summed E-state index contributed by atoms with van der Waals surface area (Å²) in [6, 6.07) is 0. The molecule has 0 aromatic heterocycles. The first-order valence-corrected chi connectivity index (χ1v) is 3.95. The van der Waals surface area contributed by atoms with E-state index in [1.54, 1.807) is 0 Å². The lowest BCUT2D eigenvalue weighted by molar-refractivity contribution is 0.00750. The number of likely N-dealkylation sites (tertiary alicyclic amines) is 1. The molecule has 60 valence electrons. The molecule has 1 heterocycles. The van der Waals surface area contributed by atoms with Crippen LogP contribution in [0.15, 0.2) is 0 Å². The normalized spacial score (nSPS) is 36.3. The van der Waals surface area contributed by atoms with Gasteiger partial charge in [0, 0.05) is 20.2 Å². The van der Waals surface area contributed by atoms with Crippen molar-refractivity contribution in [3.05, 3.63) is 0 Å². The fraction of sp³-hybridized carbons (Fsp3) is 1.00. The molecule has 0 aliphatic carbocycles. The first kappa shape index (κ1) is 8.02. The highest BCUT2D eigenvalue weighted by atomic mass is 16.5. The minimum Gasteiger partial charge on any atom is -0.381 e. The molecule has 1 aliphatic rings. The minimum atomic E-state index is 0.496. The van der Waals surface area contributed by atoms with Gasteiger partial charge in [0.25, 0.3) is 0 Å². The number of methoxy groups -OCH3 is 1. The topological polar surface area (TPSA) is 12.5 Å². The summed E-state index contributed by atoms with van der Waals surface area (Å²) in [7, 11) is 3.98. The van der Waals surface area contributed by atoms with Crippen LogP contribution in [0.3, 0.4) is 0 Å². The molecule has 0 aromatic rings. The first-order chi connectivity index (χ1) is 4.74. The lowest BCUT2D eigenvalue weighted by atomic mass is 9.97. The molecule has 0 N–H and O–H groups in total. The summed E-state index contributed by atoms with van der Waals surface area (Å²) < 4.78 is 5.33. The van der Waals surface area contributed by atoms with E-state index in [0.29, 0.717) is 12.0 Å². The Bertz CT molecular complexity index is 105. The zero-order chi connectivity index (χ0) is 7.56. The molecule has 2 heteroatoms. The molecule has 0 bridgehead atoms. The summed E-state index contributed by atoms with van der Waals surface area (Å²) in [6.07, 6.45) is 1.69. The lowest BCUT2D eigenvalue weighted by Crippen LogP contribution is -2.40. The standard InChI is InChI=1S/C8H17NO/c1-7-6-9(2)5-4-8(7)10-3/h7-8H,4-6H2,1-3H3. The van der Waals surface area contributed by atoms with E-state index in [4.69, 9.17) is 4.74 Å². The second kappa shape index (κ2) is 3.35. The third-order valence-electron chi connectivity index (χ3n) is 2.33. The molecule has 1 fully saturated rings. The van der Waals surface area contributed by atoms with Crippen LogP contribution in [0.2, 0.25) is 0 Å². The Labute approximate surface area is 63.2 Å². The van der Waals surface area contributed by atoms with Crippen LogP contribution in [0, 0.1) is 5.92 Å². The van der Waals surface area contributed by atoms with Gasteiger partial charge in [-0.15, -0.1) is 0 Å². The molecule has 0 aromatic carbocycles. The smallest absolute Gasteiger partial charge is 0.0621 e. The Morgan fingerprint density at radius 2 is 2.20 bits per heavy atom. The summed E-state index contributed by atoms with van der Waals surface area (Å²) in [4.78, 5) is 2.36. The maximum absolute atomic E-state index is 5.33. The number of hydrogen-bond acceptors (Lipinski definition) is 2. The van der Waals surface area contributed by atoms with Gasteiger partial charge in [-0.05, 0) is 19.4 Å². The zero-order valence-corrected chi connectivity index (χ0v) is 7.13. The van der Waals surface area contributed by atoms with E-state index in [2.05, 4.69) is 18.9 Å². The molecule has 0 amide bonds. The van der Waals surface area contributed by atoms with E-state index in [1.807, 2.05) is 7.11 Å². The van der Waals surface area contributed by atoms with Crippen molar-refractivity contribution in [3.63, 3.8) is 0 Å². The van der Waals surface area contributed by atoms with Crippen LogP contribution < -0.4 is 0 Å². The molecule has 0 radical (unpaired) electrons. The predicted molar refractivity (Wildman–Crippen MR) is 42.1 cm³/mol. The zero-order valence-electron chi connectivity index (χ0n) is 7.13. The van der Waals surface area contributed by atoms with E-state index < -0.39 is 0 Å². The number of rotatable bonds is 1. The molecule has 1 saturated heterocycles. The molecule has 2 atom stereocenters. The van der Waals surface area contributed by atoms with Gasteiger partial charge < -0.3 is 9.64 Å². The van der Waals surface area contributed by atoms with Gasteiger partial charge in [-0.1, -0.05) is 6.92 Å². The van der Waals surface area contributed by atoms with Gasteiger partial charge in [0.15, 0.2) is 0 Å². The van der Waals surface area contributed by atoms with Crippen molar-refractivity contribution in [1.82, 2.24) is 4.90 Å². The van der Waals surface area contributed by atoms with Crippen LogP contribution in [0.4, 0.5) is 0 Å². The Morgan fingerprint density at radius 3 is 2.70 bits per heavy atom. The van der Waals surface area contributed by atoms with Crippen LogP contribution in [-0.4, -0.2) is 38.3 Å². The third-order valence-corrected chi connectivity index (χ3v) is 2.33. The number of ether oxygens (including phenoxy) is 1. The van der Waals surface area contributed by atoms with Gasteiger partial charge in [-0.25, -0.2) is 0 Å². The van der Waals surface area contributed by atoms with Crippen molar-refractivity contribution in [2.24, 2.45) is 5.92 Å². The molecular formula is C8H17NO. The molecule has 2 nitrogen and oxygen atoms in total. The van der Waals surface area contributed by atoms with Gasteiger partial charge in [0.2, 0.25) is 0 Å². The van der Waals surface area contributed by atoms with Gasteiger partial charge in [-0.2, -0.15) is 0 Å². The Kier molecular flexibility index (Phi) is 2.69. The molecular weight excluding hydrogens is 126 g/mol. The highest BCUT2D eigenvalue weighted by Crippen LogP contribution is 2.17. The van der Waals surface area contributed by atoms with Crippen LogP contribution >= 0.6 is 0 Å². The summed E-state index contributed by atoms with van der Waals surface area (Å²) >= 11 is 0. The van der Waals surface area contributed by atoms with Crippen LogP contribution in [0.25, 0.3) is 0 Å². The van der Waals surface area contributed by atoms with Crippen molar-refractivity contribution in [2.75, 3.05) is 27.2 Å². The van der Waals surface area contributed by atoms with Crippen molar-refractivity contribution >= 4 is 0 Å². The first-order valence-electron chi connectivity index (χ1n) is 3.95. The number of piperidine rings is 1. The summed E-state index contributed by atoms with van der Waals surface area (Å²) in [6.45, 7) is 4.62. The summed E-state index contributed by atoms with van der Waals surface area (Å²) in [5, 5.41) is 0. The third kappa shape index (κ3) is 1.70. The van der Waals surface area contributed by atoms with Gasteiger partial charge in [0.05, 0.1) is 6.10 Å². The fourth-order valence-corrected chi connectivity index (χ4v) is 1.68. The molecule has 10 heavy (non-hydrogen) atoms. The Morgan fingerprint density at radius 1 is 1.50 bits per heavy atom. The Balaban J connectivity index is 2.36. The van der Waals surface area contributed by atoms with Gasteiger partial charge >= 0.3 is 0 Å². The minimum absolute atomic E-state index is 0.496. The Hall–Kier alpha value is -0.0800. The van der Waals surface area contributed by atoms with Crippen molar-refractivity contribution < 1.29 is 4.74 Å². The maximum atomic E-state index is 5.33. The predicted octanol–water partition coefficient (Wildman–Crippen LogP) is 0.973. The van der Waals surface area contributed by atoms with Crippen molar-refractivity contribution in [1.29, 1.82) is 0 Å². The maximum Gasteiger partial charge on any atom is 0.0621 e. The van der Waals surface area contributed by atoms with E-state index in [9.17, 15) is 0 Å². The molecule has 0 spiro atoms. The highest BCUT2D eigenvalue weighted by molar-refractivity contribution is 4.75. The van der Waals surface area contributed by atoms with Crippen molar-refractivity contribution in [3.8, 4) is 0 Å². The lowest BCUT2D eigenvalue weighted by Gasteiger charge is -2.33.